The summed E-state index contributed by atoms with van der Waals surface area (Å²) >= 11 is 0. The van der Waals surface area contributed by atoms with E-state index in [4.69, 9.17) is 10.00 Å². The quantitative estimate of drug-likeness (QED) is 0.480. The number of benzene rings is 1. The number of Topliss-reactive ketones (excluding diaryl/α,β-unsaturated/α-hetero) is 1. The van der Waals surface area contributed by atoms with Gasteiger partial charge in [-0.25, -0.2) is 9.37 Å². The van der Waals surface area contributed by atoms with Crippen LogP contribution in [-0.2, 0) is 0 Å². The number of allylic oxidation sites excluding steroid dienone is 1. The first kappa shape index (κ1) is 17.2. The van der Waals surface area contributed by atoms with Gasteiger partial charge in [0.2, 0.25) is 11.7 Å². The van der Waals surface area contributed by atoms with Gasteiger partial charge in [0, 0.05) is 31.9 Å². The molecule has 1 aromatic heterocycles. The molecule has 0 radical (unpaired) electrons. The molecule has 6 heteroatoms. The van der Waals surface area contributed by atoms with Gasteiger partial charge in [0.05, 0.1) is 0 Å². The summed E-state index contributed by atoms with van der Waals surface area (Å²) in [5, 5.41) is 9.04. The minimum absolute atomic E-state index is 0.0202. The fourth-order valence-electron chi connectivity index (χ4n) is 1.90. The van der Waals surface area contributed by atoms with Crippen molar-refractivity contribution in [1.82, 2.24) is 9.88 Å². The Balaban J connectivity index is 2.34. The number of ketones is 1. The molecule has 5 nitrogen and oxygen atoms in total. The Labute approximate surface area is 139 Å². The Hall–Kier alpha value is -3.20. The Morgan fingerprint density at radius 1 is 1.25 bits per heavy atom. The minimum Gasteiger partial charge on any atom is -0.433 e. The lowest BCUT2D eigenvalue weighted by Crippen LogP contribution is -2.15. The number of pyridine rings is 1. The van der Waals surface area contributed by atoms with Gasteiger partial charge in [-0.3, -0.25) is 4.79 Å². The lowest BCUT2D eigenvalue weighted by atomic mass is 10.1. The maximum atomic E-state index is 13.0. The molecular weight excluding hydrogens is 309 g/mol. The molecule has 0 aliphatic heterocycles. The van der Waals surface area contributed by atoms with Gasteiger partial charge >= 0.3 is 0 Å². The molecule has 122 valence electrons. The standard InChI is InChI=1S/C18H16FN3O2/c1-12-4-9-17(21-15(12)10-20)24-16(11-22(2)3)18(23)13-5-7-14(19)8-6-13/h4-9,11H,1-3H3. The monoisotopic (exact) mass is 325 g/mol. The van der Waals surface area contributed by atoms with Crippen molar-refractivity contribution >= 4 is 5.78 Å². The third kappa shape index (κ3) is 4.17. The van der Waals surface area contributed by atoms with Crippen LogP contribution in [0.25, 0.3) is 0 Å². The van der Waals surface area contributed by atoms with Crippen molar-refractivity contribution in [3.05, 3.63) is 71.0 Å². The van der Waals surface area contributed by atoms with E-state index in [1.165, 1.54) is 30.5 Å². The number of ether oxygens (including phenoxy) is 1. The topological polar surface area (TPSA) is 66.2 Å². The maximum Gasteiger partial charge on any atom is 0.229 e. The summed E-state index contributed by atoms with van der Waals surface area (Å²) in [4.78, 5) is 18.3. The smallest absolute Gasteiger partial charge is 0.229 e. The third-order valence-corrected chi connectivity index (χ3v) is 3.10. The Bertz CT molecular complexity index is 821. The summed E-state index contributed by atoms with van der Waals surface area (Å²) in [6.45, 7) is 1.76. The van der Waals surface area contributed by atoms with Crippen molar-refractivity contribution in [3.8, 4) is 11.9 Å². The molecule has 0 atom stereocenters. The average molecular weight is 325 g/mol. The van der Waals surface area contributed by atoms with Gasteiger partial charge in [-0.15, -0.1) is 0 Å². The molecule has 0 saturated heterocycles. The zero-order valence-corrected chi connectivity index (χ0v) is 13.6. The van der Waals surface area contributed by atoms with Gasteiger partial charge in [0.15, 0.2) is 5.76 Å². The average Bonchev–Trinajstić information content (AvgIpc) is 2.55. The van der Waals surface area contributed by atoms with Crippen LogP contribution in [-0.4, -0.2) is 29.8 Å². The van der Waals surface area contributed by atoms with E-state index in [-0.39, 0.29) is 22.9 Å². The van der Waals surface area contributed by atoms with Crippen LogP contribution in [0.15, 0.2) is 48.4 Å². The molecule has 0 bridgehead atoms. The van der Waals surface area contributed by atoms with E-state index in [1.807, 2.05) is 6.07 Å². The molecule has 0 N–H and O–H groups in total. The van der Waals surface area contributed by atoms with Crippen LogP contribution in [0.3, 0.4) is 0 Å². The molecule has 0 amide bonds. The fraction of sp³-hybridized carbons (Fsp3) is 0.167. The number of halogens is 1. The molecule has 0 saturated carbocycles. The summed E-state index contributed by atoms with van der Waals surface area (Å²) < 4.78 is 18.6. The first-order chi connectivity index (χ1) is 11.4. The van der Waals surface area contributed by atoms with Crippen molar-refractivity contribution in [2.75, 3.05) is 14.1 Å². The zero-order valence-electron chi connectivity index (χ0n) is 13.6. The molecule has 0 unspecified atom stereocenters. The molecule has 0 aliphatic rings. The Kier molecular flexibility index (Phi) is 5.27. The largest absolute Gasteiger partial charge is 0.433 e. The number of hydrogen-bond donors (Lipinski definition) is 0. The summed E-state index contributed by atoms with van der Waals surface area (Å²) in [6, 6.07) is 10.4. The highest BCUT2D eigenvalue weighted by molar-refractivity contribution is 6.07. The van der Waals surface area contributed by atoms with Gasteiger partial charge in [-0.2, -0.15) is 5.26 Å². The highest BCUT2D eigenvalue weighted by Gasteiger charge is 2.17. The number of aromatic nitrogens is 1. The SMILES string of the molecule is Cc1ccc(OC(=CN(C)C)C(=O)c2ccc(F)cc2)nc1C#N. The van der Waals surface area contributed by atoms with E-state index >= 15 is 0 Å². The van der Waals surface area contributed by atoms with E-state index < -0.39 is 11.6 Å². The second kappa shape index (κ2) is 7.38. The maximum absolute atomic E-state index is 13.0. The Morgan fingerprint density at radius 2 is 1.92 bits per heavy atom. The van der Waals surface area contributed by atoms with Crippen molar-refractivity contribution in [1.29, 1.82) is 5.26 Å². The predicted molar refractivity (Wildman–Crippen MR) is 86.8 cm³/mol. The molecular formula is C18H16FN3O2. The first-order valence-corrected chi connectivity index (χ1v) is 7.15. The highest BCUT2D eigenvalue weighted by atomic mass is 19.1. The van der Waals surface area contributed by atoms with Crippen LogP contribution >= 0.6 is 0 Å². The second-order valence-corrected chi connectivity index (χ2v) is 5.32. The van der Waals surface area contributed by atoms with Crippen LogP contribution in [0.5, 0.6) is 5.88 Å². The van der Waals surface area contributed by atoms with Crippen molar-refractivity contribution in [2.24, 2.45) is 0 Å². The first-order valence-electron chi connectivity index (χ1n) is 7.15. The highest BCUT2D eigenvalue weighted by Crippen LogP contribution is 2.17. The van der Waals surface area contributed by atoms with Crippen molar-refractivity contribution in [2.45, 2.75) is 6.92 Å². The molecule has 0 fully saturated rings. The molecule has 2 aromatic rings. The summed E-state index contributed by atoms with van der Waals surface area (Å²) in [7, 11) is 3.48. The lowest BCUT2D eigenvalue weighted by Gasteiger charge is -2.12. The van der Waals surface area contributed by atoms with Crippen LogP contribution in [0.4, 0.5) is 4.39 Å². The van der Waals surface area contributed by atoms with Crippen LogP contribution in [0.2, 0.25) is 0 Å². The number of aryl methyl sites for hydroxylation is 1. The van der Waals surface area contributed by atoms with Gasteiger partial charge in [-0.05, 0) is 36.8 Å². The van der Waals surface area contributed by atoms with Crippen LogP contribution in [0.1, 0.15) is 21.6 Å². The molecule has 0 spiro atoms. The van der Waals surface area contributed by atoms with Crippen LogP contribution < -0.4 is 4.74 Å². The number of nitriles is 1. The second-order valence-electron chi connectivity index (χ2n) is 5.32. The lowest BCUT2D eigenvalue weighted by molar-refractivity contribution is 0.0980. The summed E-state index contributed by atoms with van der Waals surface area (Å²) in [6.07, 6.45) is 1.50. The normalized spacial score (nSPS) is 10.9. The fourth-order valence-corrected chi connectivity index (χ4v) is 1.90. The zero-order chi connectivity index (χ0) is 17.7. The summed E-state index contributed by atoms with van der Waals surface area (Å²) in [5.74, 6) is -0.679. The van der Waals surface area contributed by atoms with E-state index in [1.54, 1.807) is 38.1 Å². The number of hydrogen-bond acceptors (Lipinski definition) is 5. The van der Waals surface area contributed by atoms with E-state index in [9.17, 15) is 9.18 Å². The minimum atomic E-state index is -0.426. The van der Waals surface area contributed by atoms with Gasteiger partial charge in [0.25, 0.3) is 0 Å². The predicted octanol–water partition coefficient (Wildman–Crippen LogP) is 3.07. The van der Waals surface area contributed by atoms with Crippen LogP contribution in [0, 0.1) is 24.1 Å². The van der Waals surface area contributed by atoms with E-state index in [0.29, 0.717) is 5.56 Å². The molecule has 1 aromatic carbocycles. The number of rotatable bonds is 5. The third-order valence-electron chi connectivity index (χ3n) is 3.10. The number of carbonyl (C=O) groups is 1. The van der Waals surface area contributed by atoms with Crippen molar-refractivity contribution in [3.63, 3.8) is 0 Å². The molecule has 1 heterocycles. The van der Waals surface area contributed by atoms with Gasteiger partial charge < -0.3 is 9.64 Å². The van der Waals surface area contributed by atoms with Crippen molar-refractivity contribution < 1.29 is 13.9 Å². The number of nitrogens with zero attached hydrogens (tertiary/aromatic N) is 3. The molecule has 2 rings (SSSR count). The van der Waals surface area contributed by atoms with Gasteiger partial charge in [-0.1, -0.05) is 6.07 Å². The van der Waals surface area contributed by atoms with E-state index in [0.717, 1.165) is 0 Å². The molecule has 24 heavy (non-hydrogen) atoms. The number of carbonyl (C=O) groups excluding carboxylic acids is 1. The molecule has 0 aliphatic carbocycles. The van der Waals surface area contributed by atoms with E-state index in [2.05, 4.69) is 4.98 Å². The Morgan fingerprint density at radius 3 is 2.50 bits per heavy atom. The van der Waals surface area contributed by atoms with Gasteiger partial charge in [0.1, 0.15) is 17.6 Å². The summed E-state index contributed by atoms with van der Waals surface area (Å²) in [5.41, 5.74) is 1.23.